The van der Waals surface area contributed by atoms with Crippen LogP contribution in [0.15, 0.2) is 12.2 Å². The molecule has 1 unspecified atom stereocenters. The molecule has 0 aromatic heterocycles. The van der Waals surface area contributed by atoms with Crippen LogP contribution in [-0.2, 0) is 4.79 Å². The molecule has 112 valence electrons. The molecule has 0 radical (unpaired) electrons. The zero-order valence-corrected chi connectivity index (χ0v) is 11.5. The van der Waals surface area contributed by atoms with Gasteiger partial charge in [-0.05, 0) is 37.5 Å². The Bertz CT molecular complexity index is 417. The van der Waals surface area contributed by atoms with Crippen molar-refractivity contribution in [1.29, 1.82) is 0 Å². The topological polar surface area (TPSA) is 20.3 Å². The Hall–Kier alpha value is -1.00. The van der Waals surface area contributed by atoms with Crippen molar-refractivity contribution < 1.29 is 18.0 Å². The molecular weight excluding hydrogens is 267 g/mol. The summed E-state index contributed by atoms with van der Waals surface area (Å²) in [7, 11) is 0. The van der Waals surface area contributed by atoms with Gasteiger partial charge in [0.25, 0.3) is 0 Å². The normalized spacial score (nSPS) is 29.8. The highest BCUT2D eigenvalue weighted by atomic mass is 19.4. The van der Waals surface area contributed by atoms with Crippen molar-refractivity contribution in [1.82, 2.24) is 4.90 Å². The summed E-state index contributed by atoms with van der Waals surface area (Å²) >= 11 is 0. The average Bonchev–Trinajstić information content (AvgIpc) is 2.88. The van der Waals surface area contributed by atoms with Crippen LogP contribution in [-0.4, -0.2) is 30.1 Å². The highest BCUT2D eigenvalue weighted by molar-refractivity contribution is 5.79. The van der Waals surface area contributed by atoms with Gasteiger partial charge in [-0.25, -0.2) is 0 Å². The summed E-state index contributed by atoms with van der Waals surface area (Å²) in [4.78, 5) is 14.1. The largest absolute Gasteiger partial charge is 0.392 e. The standard InChI is InChI=1S/C15H20F3NO/c16-15(17,18)12-6-9-19(10-14(12)7-3-8-14)13(20)11-4-1-2-5-11/h1-2,11-12H,3-10H2. The van der Waals surface area contributed by atoms with Gasteiger partial charge in [-0.2, -0.15) is 13.2 Å². The smallest absolute Gasteiger partial charge is 0.342 e. The van der Waals surface area contributed by atoms with Crippen LogP contribution in [0.3, 0.4) is 0 Å². The van der Waals surface area contributed by atoms with Crippen molar-refractivity contribution in [3.05, 3.63) is 12.2 Å². The summed E-state index contributed by atoms with van der Waals surface area (Å²) in [6.07, 6.45) is 3.51. The van der Waals surface area contributed by atoms with Gasteiger partial charge in [-0.15, -0.1) is 0 Å². The zero-order chi connectivity index (χ0) is 14.4. The molecule has 20 heavy (non-hydrogen) atoms. The van der Waals surface area contributed by atoms with E-state index >= 15 is 0 Å². The molecule has 2 nitrogen and oxygen atoms in total. The Balaban J connectivity index is 1.71. The second kappa shape index (κ2) is 4.78. The van der Waals surface area contributed by atoms with Gasteiger partial charge in [-0.1, -0.05) is 18.6 Å². The van der Waals surface area contributed by atoms with E-state index in [1.54, 1.807) is 4.90 Å². The van der Waals surface area contributed by atoms with E-state index in [-0.39, 0.29) is 24.8 Å². The number of rotatable bonds is 1. The SMILES string of the molecule is O=C(C1CC=CC1)N1CCC(C(F)(F)F)C2(CCC2)C1. The molecule has 0 bridgehead atoms. The molecule has 1 heterocycles. The number of halogens is 3. The van der Waals surface area contributed by atoms with Crippen LogP contribution in [0.4, 0.5) is 13.2 Å². The predicted octanol–water partition coefficient (Wildman–Crippen LogP) is 3.53. The van der Waals surface area contributed by atoms with Gasteiger partial charge in [0, 0.05) is 19.0 Å². The number of allylic oxidation sites excluding steroid dienone is 2. The summed E-state index contributed by atoms with van der Waals surface area (Å²) in [5.41, 5.74) is -0.682. The van der Waals surface area contributed by atoms with Crippen LogP contribution < -0.4 is 0 Å². The van der Waals surface area contributed by atoms with E-state index in [2.05, 4.69) is 0 Å². The average molecular weight is 287 g/mol. The molecule has 3 rings (SSSR count). The molecule has 0 aromatic carbocycles. The molecule has 5 heteroatoms. The van der Waals surface area contributed by atoms with Crippen LogP contribution >= 0.6 is 0 Å². The van der Waals surface area contributed by atoms with Gasteiger partial charge >= 0.3 is 6.18 Å². The summed E-state index contributed by atoms with van der Waals surface area (Å²) in [6, 6.07) is 0. The lowest BCUT2D eigenvalue weighted by atomic mass is 9.58. The maximum absolute atomic E-state index is 13.2. The Morgan fingerprint density at radius 2 is 1.85 bits per heavy atom. The van der Waals surface area contributed by atoms with Crippen molar-refractivity contribution >= 4 is 5.91 Å². The first kappa shape index (κ1) is 14.0. The minimum Gasteiger partial charge on any atom is -0.342 e. The minimum atomic E-state index is -4.12. The summed E-state index contributed by atoms with van der Waals surface area (Å²) in [5, 5.41) is 0. The maximum atomic E-state index is 13.2. The van der Waals surface area contributed by atoms with E-state index < -0.39 is 17.5 Å². The second-order valence-corrected chi connectivity index (χ2v) is 6.50. The first-order valence-corrected chi connectivity index (χ1v) is 7.43. The van der Waals surface area contributed by atoms with Crippen molar-refractivity contribution in [3.63, 3.8) is 0 Å². The molecule has 1 saturated carbocycles. The lowest BCUT2D eigenvalue weighted by molar-refractivity contribution is -0.237. The van der Waals surface area contributed by atoms with Gasteiger partial charge in [0.1, 0.15) is 0 Å². The summed E-state index contributed by atoms with van der Waals surface area (Å²) in [6.45, 7) is 0.577. The van der Waals surface area contributed by atoms with Gasteiger partial charge in [0.15, 0.2) is 0 Å². The van der Waals surface area contributed by atoms with Gasteiger partial charge in [0.05, 0.1) is 5.92 Å². The fourth-order valence-electron chi connectivity index (χ4n) is 4.07. The van der Waals surface area contributed by atoms with Crippen LogP contribution in [0.25, 0.3) is 0 Å². The fraction of sp³-hybridized carbons (Fsp3) is 0.800. The second-order valence-electron chi connectivity index (χ2n) is 6.50. The van der Waals surface area contributed by atoms with E-state index in [9.17, 15) is 18.0 Å². The van der Waals surface area contributed by atoms with Crippen LogP contribution in [0.5, 0.6) is 0 Å². The molecule has 1 saturated heterocycles. The van der Waals surface area contributed by atoms with Crippen LogP contribution in [0, 0.1) is 17.3 Å². The van der Waals surface area contributed by atoms with Gasteiger partial charge in [-0.3, -0.25) is 4.79 Å². The minimum absolute atomic E-state index is 0.0328. The predicted molar refractivity (Wildman–Crippen MR) is 68.9 cm³/mol. The third-order valence-corrected chi connectivity index (χ3v) is 5.35. The zero-order valence-electron chi connectivity index (χ0n) is 11.5. The first-order chi connectivity index (χ1) is 9.42. The number of hydrogen-bond acceptors (Lipinski definition) is 1. The Labute approximate surface area is 117 Å². The van der Waals surface area contributed by atoms with Gasteiger partial charge < -0.3 is 4.90 Å². The molecule has 1 spiro atoms. The van der Waals surface area contributed by atoms with Crippen LogP contribution in [0.1, 0.15) is 38.5 Å². The van der Waals surface area contributed by atoms with Crippen molar-refractivity contribution in [3.8, 4) is 0 Å². The number of hydrogen-bond donors (Lipinski definition) is 0. The molecule has 1 atom stereocenters. The van der Waals surface area contributed by atoms with E-state index in [0.717, 1.165) is 19.3 Å². The van der Waals surface area contributed by atoms with Crippen molar-refractivity contribution in [2.45, 2.75) is 44.7 Å². The third kappa shape index (κ3) is 2.25. The lowest BCUT2D eigenvalue weighted by Gasteiger charge is -2.54. The molecule has 3 aliphatic rings. The van der Waals surface area contributed by atoms with E-state index in [0.29, 0.717) is 19.4 Å². The summed E-state index contributed by atoms with van der Waals surface area (Å²) in [5.74, 6) is -1.19. The number of carbonyl (C=O) groups excluding carboxylic acids is 1. The molecule has 0 N–H and O–H groups in total. The number of carbonyl (C=O) groups is 1. The quantitative estimate of drug-likeness (QED) is 0.676. The Morgan fingerprint density at radius 3 is 2.35 bits per heavy atom. The Morgan fingerprint density at radius 1 is 1.20 bits per heavy atom. The van der Waals surface area contributed by atoms with E-state index in [4.69, 9.17) is 0 Å². The molecule has 0 aromatic rings. The number of amides is 1. The number of piperidine rings is 1. The number of likely N-dealkylation sites (tertiary alicyclic amines) is 1. The van der Waals surface area contributed by atoms with Crippen molar-refractivity contribution in [2.75, 3.05) is 13.1 Å². The molecule has 1 aliphatic heterocycles. The number of nitrogens with zero attached hydrogens (tertiary/aromatic N) is 1. The summed E-state index contributed by atoms with van der Waals surface area (Å²) < 4.78 is 39.5. The van der Waals surface area contributed by atoms with E-state index in [1.165, 1.54) is 0 Å². The molecule has 2 fully saturated rings. The van der Waals surface area contributed by atoms with E-state index in [1.807, 2.05) is 12.2 Å². The Kier molecular flexibility index (Phi) is 3.33. The lowest BCUT2D eigenvalue weighted by Crippen LogP contribution is -2.58. The number of alkyl halides is 3. The third-order valence-electron chi connectivity index (χ3n) is 5.35. The van der Waals surface area contributed by atoms with Crippen molar-refractivity contribution in [2.24, 2.45) is 17.3 Å². The first-order valence-electron chi connectivity index (χ1n) is 7.43. The fourth-order valence-corrected chi connectivity index (χ4v) is 4.07. The highest BCUT2D eigenvalue weighted by Gasteiger charge is 2.58. The maximum Gasteiger partial charge on any atom is 0.392 e. The monoisotopic (exact) mass is 287 g/mol. The van der Waals surface area contributed by atoms with Crippen LogP contribution in [0.2, 0.25) is 0 Å². The highest BCUT2D eigenvalue weighted by Crippen LogP contribution is 2.56. The molecule has 1 amide bonds. The molecular formula is C15H20F3NO. The van der Waals surface area contributed by atoms with Gasteiger partial charge in [0.2, 0.25) is 5.91 Å². The molecule has 2 aliphatic carbocycles.